The van der Waals surface area contributed by atoms with E-state index in [-0.39, 0.29) is 5.75 Å². The summed E-state index contributed by atoms with van der Waals surface area (Å²) in [6, 6.07) is 25.9. The van der Waals surface area contributed by atoms with Gasteiger partial charge in [0.05, 0.1) is 0 Å². The standard InChI is InChI=1S/C25H16F4O3S/c26-20-19(24(30)23(29)22(28)21(20)27)25(31)32-15-11-13-18(14-12-15)33(16-7-3-1-4-8-16)17-9-5-2-6-10-17/h1-14,30,33H. The summed E-state index contributed by atoms with van der Waals surface area (Å²) in [5, 5.41) is 9.58. The number of rotatable bonds is 5. The fourth-order valence-corrected chi connectivity index (χ4v) is 5.51. The van der Waals surface area contributed by atoms with E-state index in [4.69, 9.17) is 4.74 Å². The fourth-order valence-electron chi connectivity index (χ4n) is 3.23. The van der Waals surface area contributed by atoms with Crippen molar-refractivity contribution in [3.63, 3.8) is 0 Å². The lowest BCUT2D eigenvalue weighted by atomic mass is 10.1. The maximum atomic E-state index is 14.0. The molecule has 0 aliphatic carbocycles. The molecule has 8 heteroatoms. The van der Waals surface area contributed by atoms with Crippen LogP contribution in [0, 0.1) is 23.3 Å². The molecule has 168 valence electrons. The van der Waals surface area contributed by atoms with Crippen molar-refractivity contribution in [1.82, 2.24) is 0 Å². The van der Waals surface area contributed by atoms with Crippen LogP contribution in [0.15, 0.2) is 99.6 Å². The number of esters is 1. The van der Waals surface area contributed by atoms with Crippen LogP contribution in [-0.2, 0) is 0 Å². The van der Waals surface area contributed by atoms with Gasteiger partial charge in [0.2, 0.25) is 11.6 Å². The van der Waals surface area contributed by atoms with E-state index in [1.165, 1.54) is 12.1 Å². The molecule has 0 amide bonds. The molecule has 0 saturated heterocycles. The molecule has 0 bridgehead atoms. The van der Waals surface area contributed by atoms with Crippen molar-refractivity contribution in [2.45, 2.75) is 14.7 Å². The van der Waals surface area contributed by atoms with E-state index in [1.807, 2.05) is 60.7 Å². The Morgan fingerprint density at radius 3 is 1.61 bits per heavy atom. The molecule has 0 heterocycles. The van der Waals surface area contributed by atoms with Crippen molar-refractivity contribution >= 4 is 16.9 Å². The van der Waals surface area contributed by atoms with Gasteiger partial charge in [0.1, 0.15) is 11.3 Å². The molecule has 0 atom stereocenters. The number of carbonyl (C=O) groups excluding carboxylic acids is 1. The number of benzene rings is 4. The summed E-state index contributed by atoms with van der Waals surface area (Å²) in [4.78, 5) is 15.4. The zero-order valence-electron chi connectivity index (χ0n) is 16.8. The SMILES string of the molecule is O=C(Oc1ccc([SH](c2ccccc2)c2ccccc2)cc1)c1c(O)c(F)c(F)c(F)c1F. The molecule has 4 rings (SSSR count). The monoisotopic (exact) mass is 472 g/mol. The highest BCUT2D eigenvalue weighted by atomic mass is 32.2. The molecule has 0 radical (unpaired) electrons. The van der Waals surface area contributed by atoms with Gasteiger partial charge >= 0.3 is 5.97 Å². The van der Waals surface area contributed by atoms with Crippen LogP contribution in [0.4, 0.5) is 17.6 Å². The van der Waals surface area contributed by atoms with E-state index >= 15 is 0 Å². The van der Waals surface area contributed by atoms with Crippen LogP contribution < -0.4 is 4.74 Å². The summed E-state index contributed by atoms with van der Waals surface area (Å²) in [7, 11) is -0.926. The largest absolute Gasteiger partial charge is 0.504 e. The number of thiol groups is 1. The number of hydrogen-bond donors (Lipinski definition) is 2. The summed E-state index contributed by atoms with van der Waals surface area (Å²) < 4.78 is 59.2. The lowest BCUT2D eigenvalue weighted by Gasteiger charge is -2.23. The molecule has 0 aromatic heterocycles. The van der Waals surface area contributed by atoms with Gasteiger partial charge in [-0.25, -0.2) is 18.0 Å². The molecule has 0 aliphatic rings. The zero-order chi connectivity index (χ0) is 23.5. The summed E-state index contributed by atoms with van der Waals surface area (Å²) in [6.07, 6.45) is 0. The number of halogens is 4. The Morgan fingerprint density at radius 1 is 0.636 bits per heavy atom. The summed E-state index contributed by atoms with van der Waals surface area (Å²) >= 11 is 0. The Hall–Kier alpha value is -3.78. The van der Waals surface area contributed by atoms with Crippen molar-refractivity contribution in [3.05, 3.63) is 114 Å². The third-order valence-corrected chi connectivity index (χ3v) is 7.22. The zero-order valence-corrected chi connectivity index (χ0v) is 17.7. The second-order valence-corrected chi connectivity index (χ2v) is 9.09. The highest BCUT2D eigenvalue weighted by molar-refractivity contribution is 8.17. The van der Waals surface area contributed by atoms with Crippen LogP contribution in [0.5, 0.6) is 11.5 Å². The number of ether oxygens (including phenoxy) is 1. The van der Waals surface area contributed by atoms with Crippen LogP contribution in [0.1, 0.15) is 10.4 Å². The van der Waals surface area contributed by atoms with Gasteiger partial charge in [-0.3, -0.25) is 0 Å². The molecule has 0 fully saturated rings. The highest BCUT2D eigenvalue weighted by Crippen LogP contribution is 2.51. The van der Waals surface area contributed by atoms with Gasteiger partial charge in [-0.05, 0) is 63.2 Å². The number of phenolic OH excluding ortho intramolecular Hbond substituents is 1. The quantitative estimate of drug-likeness (QED) is 0.0854. The topological polar surface area (TPSA) is 46.5 Å². The molecule has 33 heavy (non-hydrogen) atoms. The molecule has 0 saturated carbocycles. The molecule has 4 aromatic carbocycles. The third-order valence-electron chi connectivity index (χ3n) is 4.78. The smallest absolute Gasteiger partial charge is 0.350 e. The lowest BCUT2D eigenvalue weighted by Crippen LogP contribution is -2.14. The van der Waals surface area contributed by atoms with Gasteiger partial charge in [-0.1, -0.05) is 36.4 Å². The third kappa shape index (κ3) is 4.42. The summed E-state index contributed by atoms with van der Waals surface area (Å²) in [5.41, 5.74) is -1.42. The number of aromatic hydroxyl groups is 1. The van der Waals surface area contributed by atoms with Crippen LogP contribution in [-0.4, -0.2) is 11.1 Å². The van der Waals surface area contributed by atoms with Crippen LogP contribution in [0.2, 0.25) is 0 Å². The van der Waals surface area contributed by atoms with E-state index in [2.05, 4.69) is 0 Å². The molecule has 0 aliphatic heterocycles. The Kier molecular flexibility index (Phi) is 6.37. The Labute approximate surface area is 189 Å². The predicted molar refractivity (Wildman–Crippen MR) is 116 cm³/mol. The second-order valence-electron chi connectivity index (χ2n) is 6.87. The van der Waals surface area contributed by atoms with Gasteiger partial charge in [0, 0.05) is 0 Å². The first-order valence-electron chi connectivity index (χ1n) is 9.66. The normalized spacial score (nSPS) is 11.2. The van der Waals surface area contributed by atoms with Crippen LogP contribution >= 0.6 is 10.9 Å². The van der Waals surface area contributed by atoms with Gasteiger partial charge in [-0.15, -0.1) is 0 Å². The first-order valence-corrected chi connectivity index (χ1v) is 11.0. The maximum absolute atomic E-state index is 14.0. The first-order chi connectivity index (χ1) is 15.9. The fraction of sp³-hybridized carbons (Fsp3) is 0. The Balaban J connectivity index is 1.64. The van der Waals surface area contributed by atoms with Gasteiger partial charge in [0.15, 0.2) is 17.4 Å². The summed E-state index contributed by atoms with van der Waals surface area (Å²) in [5.74, 6) is -11.8. The van der Waals surface area contributed by atoms with E-state index in [1.54, 1.807) is 12.1 Å². The number of carbonyl (C=O) groups is 1. The van der Waals surface area contributed by atoms with Crippen LogP contribution in [0.25, 0.3) is 0 Å². The molecule has 4 aromatic rings. The van der Waals surface area contributed by atoms with E-state index in [9.17, 15) is 27.5 Å². The average Bonchev–Trinajstić information content (AvgIpc) is 2.84. The molecular formula is C25H16F4O3S. The van der Waals surface area contributed by atoms with Crippen LogP contribution in [0.3, 0.4) is 0 Å². The Bertz CT molecular complexity index is 1230. The van der Waals surface area contributed by atoms with Gasteiger partial charge in [0.25, 0.3) is 0 Å². The molecule has 3 nitrogen and oxygen atoms in total. The minimum atomic E-state index is -2.22. The van der Waals surface area contributed by atoms with Crippen molar-refractivity contribution in [3.8, 4) is 11.5 Å². The van der Waals surface area contributed by atoms with Gasteiger partial charge in [-0.2, -0.15) is 15.3 Å². The van der Waals surface area contributed by atoms with Crippen molar-refractivity contribution in [1.29, 1.82) is 0 Å². The first kappa shape index (κ1) is 22.4. The second kappa shape index (κ2) is 9.38. The Morgan fingerprint density at radius 2 is 1.09 bits per heavy atom. The average molecular weight is 472 g/mol. The number of hydrogen-bond acceptors (Lipinski definition) is 3. The number of phenols is 1. The maximum Gasteiger partial charge on any atom is 0.350 e. The molecule has 1 N–H and O–H groups in total. The van der Waals surface area contributed by atoms with Crippen molar-refractivity contribution < 1.29 is 32.2 Å². The summed E-state index contributed by atoms with van der Waals surface area (Å²) in [6.45, 7) is 0. The van der Waals surface area contributed by atoms with E-state index < -0.39 is 51.4 Å². The molecule has 0 unspecified atom stereocenters. The predicted octanol–water partition coefficient (Wildman–Crippen LogP) is 6.65. The van der Waals surface area contributed by atoms with Crippen molar-refractivity contribution in [2.75, 3.05) is 0 Å². The van der Waals surface area contributed by atoms with E-state index in [0.717, 1.165) is 14.7 Å². The molecular weight excluding hydrogens is 456 g/mol. The lowest BCUT2D eigenvalue weighted by molar-refractivity contribution is 0.0723. The highest BCUT2D eigenvalue weighted by Gasteiger charge is 2.30. The minimum Gasteiger partial charge on any atom is -0.504 e. The van der Waals surface area contributed by atoms with Crippen molar-refractivity contribution in [2.24, 2.45) is 0 Å². The van der Waals surface area contributed by atoms with Gasteiger partial charge < -0.3 is 9.84 Å². The van der Waals surface area contributed by atoms with E-state index in [0.29, 0.717) is 0 Å². The molecule has 0 spiro atoms. The minimum absolute atomic E-state index is 0.0521.